The van der Waals surface area contributed by atoms with E-state index in [1.165, 1.54) is 12.3 Å². The van der Waals surface area contributed by atoms with Crippen LogP contribution in [0.2, 0.25) is 0 Å². The van der Waals surface area contributed by atoms with Gasteiger partial charge in [-0.15, -0.1) is 0 Å². The lowest BCUT2D eigenvalue weighted by Gasteiger charge is -2.13. The number of carbonyl (C=O) groups is 1. The number of benzene rings is 1. The molecule has 0 amide bonds. The fourth-order valence-corrected chi connectivity index (χ4v) is 2.27. The van der Waals surface area contributed by atoms with Gasteiger partial charge in [0, 0.05) is 5.56 Å². The first-order chi connectivity index (χ1) is 8.58. The fraction of sp³-hybridized carbons (Fsp3) is 0.167. The molecule has 0 aliphatic heterocycles. The molecular weight excluding hydrogens is 255 g/mol. The molecule has 1 aromatic carbocycles. The van der Waals surface area contributed by atoms with E-state index in [-0.39, 0.29) is 16.7 Å². The second-order valence-corrected chi connectivity index (χ2v) is 4.75. The van der Waals surface area contributed by atoms with Crippen LogP contribution < -0.4 is 5.32 Å². The molecule has 1 aromatic heterocycles. The number of carboxylic acid groups (broad SMARTS) is 1. The van der Waals surface area contributed by atoms with Crippen LogP contribution in [0.5, 0.6) is 0 Å². The first-order valence-electron chi connectivity index (χ1n) is 5.28. The Hall–Kier alpha value is -1.95. The van der Waals surface area contributed by atoms with Gasteiger partial charge in [-0.1, -0.05) is 29.5 Å². The largest absolute Gasteiger partial charge is 0.477 e. The molecule has 1 atom stereocenters. The van der Waals surface area contributed by atoms with E-state index in [2.05, 4.69) is 10.3 Å². The van der Waals surface area contributed by atoms with Crippen molar-refractivity contribution in [1.29, 1.82) is 0 Å². The van der Waals surface area contributed by atoms with E-state index < -0.39 is 5.97 Å². The molecule has 0 bridgehead atoms. The van der Waals surface area contributed by atoms with Gasteiger partial charge in [0.2, 0.25) is 0 Å². The second-order valence-electron chi connectivity index (χ2n) is 3.72. The first kappa shape index (κ1) is 12.5. The van der Waals surface area contributed by atoms with Crippen molar-refractivity contribution in [2.75, 3.05) is 5.32 Å². The minimum atomic E-state index is -1.01. The van der Waals surface area contributed by atoms with E-state index >= 15 is 0 Å². The van der Waals surface area contributed by atoms with Crippen molar-refractivity contribution in [2.24, 2.45) is 0 Å². The van der Waals surface area contributed by atoms with Crippen LogP contribution in [0.3, 0.4) is 0 Å². The van der Waals surface area contributed by atoms with Crippen molar-refractivity contribution in [3.63, 3.8) is 0 Å². The number of hydrogen-bond donors (Lipinski definition) is 2. The van der Waals surface area contributed by atoms with E-state index in [9.17, 15) is 9.18 Å². The molecule has 2 aromatic rings. The highest BCUT2D eigenvalue weighted by Gasteiger charge is 2.13. The summed E-state index contributed by atoms with van der Waals surface area (Å²) in [5.74, 6) is -1.31. The lowest BCUT2D eigenvalue weighted by Crippen LogP contribution is -2.08. The third kappa shape index (κ3) is 2.65. The highest BCUT2D eigenvalue weighted by atomic mass is 32.1. The topological polar surface area (TPSA) is 62.2 Å². The van der Waals surface area contributed by atoms with E-state index in [4.69, 9.17) is 5.11 Å². The Morgan fingerprint density at radius 2 is 2.22 bits per heavy atom. The van der Waals surface area contributed by atoms with Gasteiger partial charge >= 0.3 is 5.97 Å². The van der Waals surface area contributed by atoms with Crippen molar-refractivity contribution < 1.29 is 14.3 Å². The van der Waals surface area contributed by atoms with Gasteiger partial charge in [-0.2, -0.15) is 0 Å². The van der Waals surface area contributed by atoms with Gasteiger partial charge in [-0.25, -0.2) is 14.2 Å². The summed E-state index contributed by atoms with van der Waals surface area (Å²) in [6, 6.07) is 6.16. The Morgan fingerprint density at radius 1 is 1.50 bits per heavy atom. The summed E-state index contributed by atoms with van der Waals surface area (Å²) in [7, 11) is 0. The van der Waals surface area contributed by atoms with Gasteiger partial charge < -0.3 is 10.4 Å². The van der Waals surface area contributed by atoms with Crippen LogP contribution in [0, 0.1) is 5.82 Å². The molecule has 0 radical (unpaired) electrons. The van der Waals surface area contributed by atoms with Crippen molar-refractivity contribution in [3.8, 4) is 0 Å². The number of nitrogens with one attached hydrogen (secondary N) is 1. The summed E-state index contributed by atoms with van der Waals surface area (Å²) in [5, 5.41) is 12.2. The lowest BCUT2D eigenvalue weighted by atomic mass is 10.1. The van der Waals surface area contributed by atoms with E-state index in [1.54, 1.807) is 25.1 Å². The smallest absolute Gasteiger partial charge is 0.347 e. The maximum Gasteiger partial charge on any atom is 0.347 e. The summed E-state index contributed by atoms with van der Waals surface area (Å²) in [5.41, 5.74) is 0.518. The third-order valence-electron chi connectivity index (χ3n) is 2.43. The number of anilines is 1. The number of nitrogens with zero attached hydrogens (tertiary/aromatic N) is 1. The molecule has 0 fully saturated rings. The van der Waals surface area contributed by atoms with Crippen LogP contribution in [-0.2, 0) is 0 Å². The number of rotatable bonds is 4. The molecule has 1 unspecified atom stereocenters. The average Bonchev–Trinajstić information content (AvgIpc) is 2.78. The predicted molar refractivity (Wildman–Crippen MR) is 67.5 cm³/mol. The number of thiazole rings is 1. The number of hydrogen-bond acceptors (Lipinski definition) is 4. The molecule has 6 heteroatoms. The number of halogens is 1. The monoisotopic (exact) mass is 266 g/mol. The second kappa shape index (κ2) is 5.14. The Morgan fingerprint density at radius 3 is 2.83 bits per heavy atom. The summed E-state index contributed by atoms with van der Waals surface area (Å²) >= 11 is 1.03. The molecule has 2 rings (SSSR count). The maximum absolute atomic E-state index is 13.5. The zero-order valence-corrected chi connectivity index (χ0v) is 10.4. The van der Waals surface area contributed by atoms with Crippen molar-refractivity contribution >= 4 is 22.4 Å². The minimum absolute atomic E-state index is 0.151. The van der Waals surface area contributed by atoms with Crippen LogP contribution >= 0.6 is 11.3 Å². The maximum atomic E-state index is 13.5. The highest BCUT2D eigenvalue weighted by Crippen LogP contribution is 2.24. The molecule has 2 N–H and O–H groups in total. The number of aromatic carboxylic acids is 1. The Labute approximate surface area is 107 Å². The zero-order valence-electron chi connectivity index (χ0n) is 9.55. The van der Waals surface area contributed by atoms with Crippen LogP contribution in [0.25, 0.3) is 0 Å². The highest BCUT2D eigenvalue weighted by molar-refractivity contribution is 7.17. The SMILES string of the molecule is CC(Nc1ncc(C(=O)O)s1)c1ccccc1F. The minimum Gasteiger partial charge on any atom is -0.477 e. The molecule has 0 aliphatic rings. The van der Waals surface area contributed by atoms with Crippen LogP contribution in [0.1, 0.15) is 28.2 Å². The average molecular weight is 266 g/mol. The summed E-state index contributed by atoms with van der Waals surface area (Å²) in [4.78, 5) is 14.8. The lowest BCUT2D eigenvalue weighted by molar-refractivity contribution is 0.0702. The zero-order chi connectivity index (χ0) is 13.1. The van der Waals surface area contributed by atoms with Gasteiger partial charge in [-0.05, 0) is 13.0 Å². The molecule has 4 nitrogen and oxygen atoms in total. The molecule has 0 aliphatic carbocycles. The van der Waals surface area contributed by atoms with Gasteiger partial charge in [0.15, 0.2) is 5.13 Å². The number of aromatic nitrogens is 1. The Balaban J connectivity index is 2.13. The quantitative estimate of drug-likeness (QED) is 0.892. The molecule has 0 spiro atoms. The molecule has 18 heavy (non-hydrogen) atoms. The van der Waals surface area contributed by atoms with E-state index in [1.807, 2.05) is 0 Å². The van der Waals surface area contributed by atoms with Crippen LogP contribution in [-0.4, -0.2) is 16.1 Å². The van der Waals surface area contributed by atoms with Crippen molar-refractivity contribution in [1.82, 2.24) is 4.98 Å². The standard InChI is InChI=1S/C12H11FN2O2S/c1-7(8-4-2-3-5-9(8)13)15-12-14-6-10(18-12)11(16)17/h2-7H,1H3,(H,14,15)(H,16,17). The molecule has 0 saturated heterocycles. The molecule has 94 valence electrons. The number of carboxylic acids is 1. The Kier molecular flexibility index (Phi) is 3.57. The van der Waals surface area contributed by atoms with Gasteiger partial charge in [-0.3, -0.25) is 0 Å². The fourth-order valence-electron chi connectivity index (χ4n) is 1.53. The molecule has 0 saturated carbocycles. The van der Waals surface area contributed by atoms with Crippen LogP contribution in [0.15, 0.2) is 30.5 Å². The van der Waals surface area contributed by atoms with Crippen molar-refractivity contribution in [3.05, 3.63) is 46.7 Å². The van der Waals surface area contributed by atoms with E-state index in [0.717, 1.165) is 11.3 Å². The summed E-state index contributed by atoms with van der Waals surface area (Å²) < 4.78 is 13.5. The normalized spacial score (nSPS) is 12.1. The van der Waals surface area contributed by atoms with Crippen molar-refractivity contribution in [2.45, 2.75) is 13.0 Å². The Bertz CT molecular complexity index is 571. The third-order valence-corrected chi connectivity index (χ3v) is 3.34. The first-order valence-corrected chi connectivity index (χ1v) is 6.09. The summed E-state index contributed by atoms with van der Waals surface area (Å²) in [6.07, 6.45) is 1.28. The molecular formula is C12H11FN2O2S. The van der Waals surface area contributed by atoms with Gasteiger partial charge in [0.25, 0.3) is 0 Å². The van der Waals surface area contributed by atoms with E-state index in [0.29, 0.717) is 10.7 Å². The summed E-state index contributed by atoms with van der Waals surface area (Å²) in [6.45, 7) is 1.79. The van der Waals surface area contributed by atoms with Gasteiger partial charge in [0.1, 0.15) is 10.7 Å². The predicted octanol–water partition coefficient (Wildman–Crippen LogP) is 3.15. The molecule has 1 heterocycles. The van der Waals surface area contributed by atoms with Crippen LogP contribution in [0.4, 0.5) is 9.52 Å². The van der Waals surface area contributed by atoms with Gasteiger partial charge in [0.05, 0.1) is 12.2 Å².